The Morgan fingerprint density at radius 3 is 2.00 bits per heavy atom. The van der Waals surface area contributed by atoms with Crippen LogP contribution in [0.1, 0.15) is 5.56 Å². The highest BCUT2D eigenvalue weighted by Crippen LogP contribution is 2.31. The smallest absolute Gasteiger partial charge is 0.142 e. The summed E-state index contributed by atoms with van der Waals surface area (Å²) in [6.07, 6.45) is 0. The maximum absolute atomic E-state index is 5.76. The molecular weight excluding hydrogens is 190 g/mol. The van der Waals surface area contributed by atoms with Crippen molar-refractivity contribution in [2.45, 2.75) is 6.92 Å². The Hall–Kier alpha value is -1.09. The molecule has 0 aliphatic rings. The fourth-order valence-electron chi connectivity index (χ4n) is 1.08. The first-order valence-electron chi connectivity index (χ1n) is 3.67. The third-order valence-electron chi connectivity index (χ3n) is 1.86. The van der Waals surface area contributed by atoms with Crippen molar-refractivity contribution in [3.05, 3.63) is 17.7 Å². The molecule has 0 aliphatic carbocycles. The first kappa shape index (κ1) is 11.9. The van der Waals surface area contributed by atoms with Gasteiger partial charge in [-0.2, -0.15) is 0 Å². The van der Waals surface area contributed by atoms with Crippen molar-refractivity contribution in [3.63, 3.8) is 0 Å². The Bertz CT molecular complexity index is 260. The Labute approximate surface area is 84.2 Å². The lowest BCUT2D eigenvalue weighted by atomic mass is 10.1. The summed E-state index contributed by atoms with van der Waals surface area (Å²) in [5, 5.41) is 0. The molecule has 1 aromatic carbocycles. The van der Waals surface area contributed by atoms with Crippen molar-refractivity contribution >= 4 is 18.1 Å². The molecule has 0 amide bonds. The molecule has 1 aromatic rings. The molecule has 0 spiro atoms. The lowest BCUT2D eigenvalue weighted by Crippen LogP contribution is -1.97. The minimum Gasteiger partial charge on any atom is -0.496 e. The molecule has 0 saturated heterocycles. The van der Waals surface area contributed by atoms with Gasteiger partial charge >= 0.3 is 0 Å². The molecule has 4 heteroatoms. The van der Waals surface area contributed by atoms with Crippen LogP contribution in [-0.2, 0) is 0 Å². The van der Waals surface area contributed by atoms with Crippen molar-refractivity contribution in [3.8, 4) is 11.5 Å². The third kappa shape index (κ3) is 2.18. The number of methoxy groups -OCH3 is 2. The Morgan fingerprint density at radius 2 is 1.54 bits per heavy atom. The SMILES string of the molecule is COc1ccc(OC)c(N)c1C.Cl. The number of hydrogen-bond donors (Lipinski definition) is 1. The summed E-state index contributed by atoms with van der Waals surface area (Å²) < 4.78 is 10.1. The van der Waals surface area contributed by atoms with Crippen molar-refractivity contribution in [2.24, 2.45) is 0 Å². The van der Waals surface area contributed by atoms with E-state index >= 15 is 0 Å². The molecule has 13 heavy (non-hydrogen) atoms. The quantitative estimate of drug-likeness (QED) is 0.748. The molecule has 2 N–H and O–H groups in total. The first-order valence-corrected chi connectivity index (χ1v) is 3.67. The molecular formula is C9H14ClNO2. The third-order valence-corrected chi connectivity index (χ3v) is 1.86. The van der Waals surface area contributed by atoms with E-state index in [-0.39, 0.29) is 12.4 Å². The van der Waals surface area contributed by atoms with E-state index in [0.29, 0.717) is 11.4 Å². The van der Waals surface area contributed by atoms with E-state index in [1.54, 1.807) is 20.3 Å². The summed E-state index contributed by atoms with van der Waals surface area (Å²) in [5.74, 6) is 1.47. The topological polar surface area (TPSA) is 44.5 Å². The van der Waals surface area contributed by atoms with Gasteiger partial charge in [0.2, 0.25) is 0 Å². The van der Waals surface area contributed by atoms with Crippen LogP contribution in [0.5, 0.6) is 11.5 Å². The fraction of sp³-hybridized carbons (Fsp3) is 0.333. The zero-order valence-electron chi connectivity index (χ0n) is 7.96. The molecule has 0 unspecified atom stereocenters. The lowest BCUT2D eigenvalue weighted by Gasteiger charge is -2.10. The number of nitrogen functional groups attached to an aromatic ring is 1. The summed E-state index contributed by atoms with van der Waals surface area (Å²) in [6.45, 7) is 1.90. The molecule has 74 valence electrons. The monoisotopic (exact) mass is 203 g/mol. The summed E-state index contributed by atoms with van der Waals surface area (Å²) in [5.41, 5.74) is 7.31. The van der Waals surface area contributed by atoms with Gasteiger partial charge in [0.1, 0.15) is 11.5 Å². The van der Waals surface area contributed by atoms with E-state index in [9.17, 15) is 0 Å². The van der Waals surface area contributed by atoms with Crippen molar-refractivity contribution in [1.29, 1.82) is 0 Å². The van der Waals surface area contributed by atoms with Crippen LogP contribution in [0.15, 0.2) is 12.1 Å². The van der Waals surface area contributed by atoms with Crippen LogP contribution in [0, 0.1) is 6.92 Å². The van der Waals surface area contributed by atoms with E-state index < -0.39 is 0 Å². The number of benzene rings is 1. The lowest BCUT2D eigenvalue weighted by molar-refractivity contribution is 0.402. The standard InChI is InChI=1S/C9H13NO2.ClH/c1-6-7(11-2)4-5-8(12-3)9(6)10;/h4-5H,10H2,1-3H3;1H. The molecule has 0 fully saturated rings. The largest absolute Gasteiger partial charge is 0.496 e. The predicted octanol–water partition coefficient (Wildman–Crippen LogP) is 2.02. The minimum atomic E-state index is 0. The maximum Gasteiger partial charge on any atom is 0.142 e. The van der Waals surface area contributed by atoms with E-state index in [2.05, 4.69) is 0 Å². The Morgan fingerprint density at radius 1 is 1.08 bits per heavy atom. The number of halogens is 1. The van der Waals surface area contributed by atoms with Gasteiger partial charge in [0.15, 0.2) is 0 Å². The average Bonchev–Trinajstić information content (AvgIpc) is 2.10. The van der Waals surface area contributed by atoms with Gasteiger partial charge in [-0.1, -0.05) is 0 Å². The van der Waals surface area contributed by atoms with Gasteiger partial charge < -0.3 is 15.2 Å². The molecule has 0 aromatic heterocycles. The van der Waals surface area contributed by atoms with Crippen LogP contribution in [-0.4, -0.2) is 14.2 Å². The summed E-state index contributed by atoms with van der Waals surface area (Å²) >= 11 is 0. The Balaban J connectivity index is 0.00000144. The van der Waals surface area contributed by atoms with E-state index in [1.807, 2.05) is 13.0 Å². The maximum atomic E-state index is 5.76. The van der Waals surface area contributed by atoms with E-state index in [0.717, 1.165) is 11.3 Å². The zero-order chi connectivity index (χ0) is 9.14. The van der Waals surface area contributed by atoms with Gasteiger partial charge in [0.05, 0.1) is 19.9 Å². The van der Waals surface area contributed by atoms with Gasteiger partial charge in [-0.05, 0) is 19.1 Å². The highest BCUT2D eigenvalue weighted by Gasteiger charge is 2.06. The highest BCUT2D eigenvalue weighted by molar-refractivity contribution is 5.85. The second-order valence-corrected chi connectivity index (χ2v) is 2.51. The Kier molecular flexibility index (Phi) is 4.42. The molecule has 0 saturated carbocycles. The molecule has 0 aliphatic heterocycles. The van der Waals surface area contributed by atoms with Crippen molar-refractivity contribution in [2.75, 3.05) is 20.0 Å². The van der Waals surface area contributed by atoms with Gasteiger partial charge in [0.25, 0.3) is 0 Å². The van der Waals surface area contributed by atoms with Crippen LogP contribution in [0.3, 0.4) is 0 Å². The molecule has 0 bridgehead atoms. The average molecular weight is 204 g/mol. The van der Waals surface area contributed by atoms with Crippen LogP contribution >= 0.6 is 12.4 Å². The summed E-state index contributed by atoms with van der Waals surface area (Å²) in [6, 6.07) is 3.63. The fourth-order valence-corrected chi connectivity index (χ4v) is 1.08. The van der Waals surface area contributed by atoms with Crippen molar-refractivity contribution in [1.82, 2.24) is 0 Å². The normalized spacial score (nSPS) is 8.85. The first-order chi connectivity index (χ1) is 5.70. The van der Waals surface area contributed by atoms with Crippen LogP contribution in [0.4, 0.5) is 5.69 Å². The predicted molar refractivity (Wildman–Crippen MR) is 55.9 cm³/mol. The minimum absolute atomic E-state index is 0. The number of hydrogen-bond acceptors (Lipinski definition) is 3. The van der Waals surface area contributed by atoms with Gasteiger partial charge in [-0.25, -0.2) is 0 Å². The van der Waals surface area contributed by atoms with E-state index in [1.165, 1.54) is 0 Å². The van der Waals surface area contributed by atoms with Crippen LogP contribution in [0.25, 0.3) is 0 Å². The second-order valence-electron chi connectivity index (χ2n) is 2.51. The zero-order valence-corrected chi connectivity index (χ0v) is 8.77. The van der Waals surface area contributed by atoms with Gasteiger partial charge in [-0.3, -0.25) is 0 Å². The van der Waals surface area contributed by atoms with E-state index in [4.69, 9.17) is 15.2 Å². The molecule has 0 atom stereocenters. The van der Waals surface area contributed by atoms with Crippen LogP contribution < -0.4 is 15.2 Å². The number of anilines is 1. The van der Waals surface area contributed by atoms with Crippen molar-refractivity contribution < 1.29 is 9.47 Å². The van der Waals surface area contributed by atoms with Gasteiger partial charge in [0, 0.05) is 5.56 Å². The van der Waals surface area contributed by atoms with Crippen LogP contribution in [0.2, 0.25) is 0 Å². The highest BCUT2D eigenvalue weighted by atomic mass is 35.5. The number of ether oxygens (including phenoxy) is 2. The summed E-state index contributed by atoms with van der Waals surface area (Å²) in [4.78, 5) is 0. The van der Waals surface area contributed by atoms with Gasteiger partial charge in [-0.15, -0.1) is 12.4 Å². The molecule has 1 rings (SSSR count). The number of rotatable bonds is 2. The molecule has 0 heterocycles. The molecule has 3 nitrogen and oxygen atoms in total. The summed E-state index contributed by atoms with van der Waals surface area (Å²) in [7, 11) is 3.21. The molecule has 0 radical (unpaired) electrons. The second kappa shape index (κ2) is 4.82. The number of nitrogens with two attached hydrogens (primary N) is 1.